The van der Waals surface area contributed by atoms with Crippen molar-refractivity contribution >= 4 is 41.0 Å². The van der Waals surface area contributed by atoms with Gasteiger partial charge in [0.05, 0.1) is 5.75 Å². The van der Waals surface area contributed by atoms with Crippen LogP contribution < -0.4 is 4.90 Å². The lowest BCUT2D eigenvalue weighted by molar-refractivity contribution is -0.133. The Bertz CT molecular complexity index is 698. The topological polar surface area (TPSA) is 69.6 Å². The van der Waals surface area contributed by atoms with Gasteiger partial charge in [0, 0.05) is 51.3 Å². The molecular weight excluding hydrogens is 386 g/mol. The van der Waals surface area contributed by atoms with Gasteiger partial charge in [-0.05, 0) is 19.8 Å². The van der Waals surface area contributed by atoms with Crippen molar-refractivity contribution in [2.24, 2.45) is 0 Å². The number of amides is 2. The molecule has 0 spiro atoms. The number of piperazine rings is 1. The van der Waals surface area contributed by atoms with Crippen LogP contribution in [0.25, 0.3) is 0 Å². The minimum absolute atomic E-state index is 0.118. The number of carbonyl (C=O) groups excluding carboxylic acids is 2. The quantitative estimate of drug-likeness (QED) is 0.420. The highest BCUT2D eigenvalue weighted by atomic mass is 35.5. The lowest BCUT2D eigenvalue weighted by atomic mass is 10.1. The molecule has 1 aromatic rings. The average Bonchev–Trinajstić information content (AvgIpc) is 3.20. The van der Waals surface area contributed by atoms with Gasteiger partial charge in [0.2, 0.25) is 11.8 Å². The van der Waals surface area contributed by atoms with Crippen molar-refractivity contribution in [2.75, 3.05) is 43.4 Å². The fraction of sp³-hybridized carbons (Fsp3) is 0.667. The number of rotatable bonds is 5. The number of hydrogen-bond donors (Lipinski definition) is 0. The third-order valence-electron chi connectivity index (χ3n) is 5.02. The average molecular weight is 412 g/mol. The van der Waals surface area contributed by atoms with E-state index in [0.717, 1.165) is 31.7 Å². The highest BCUT2D eigenvalue weighted by molar-refractivity contribution is 7.99. The van der Waals surface area contributed by atoms with E-state index in [1.54, 1.807) is 6.07 Å². The summed E-state index contributed by atoms with van der Waals surface area (Å²) in [5.41, 5.74) is 0. The summed E-state index contributed by atoms with van der Waals surface area (Å²) in [7, 11) is 0. The Morgan fingerprint density at radius 2 is 1.93 bits per heavy atom. The maximum Gasteiger partial charge on any atom is 0.233 e. The first kappa shape index (κ1) is 20.2. The first-order chi connectivity index (χ1) is 13.0. The largest absolute Gasteiger partial charge is 0.353 e. The molecule has 148 valence electrons. The Balaban J connectivity index is 1.63. The van der Waals surface area contributed by atoms with Crippen LogP contribution >= 0.6 is 23.4 Å². The Morgan fingerprint density at radius 3 is 2.59 bits per heavy atom. The molecule has 2 fully saturated rings. The van der Waals surface area contributed by atoms with Crippen LogP contribution in [0.5, 0.6) is 0 Å². The molecule has 9 heteroatoms. The van der Waals surface area contributed by atoms with Crippen LogP contribution in [0.1, 0.15) is 33.1 Å². The van der Waals surface area contributed by atoms with Crippen LogP contribution in [0.2, 0.25) is 5.15 Å². The normalized spacial score (nSPS) is 20.3. The fourth-order valence-corrected chi connectivity index (χ4v) is 4.52. The van der Waals surface area contributed by atoms with E-state index in [-0.39, 0.29) is 17.9 Å². The highest BCUT2D eigenvalue weighted by Gasteiger charge is 2.27. The number of halogens is 1. The number of carbonyl (C=O) groups is 2. The SMILES string of the molecule is CCC(=O)N1CCN(c2cc(Cl)nc(SCC(=O)N3CCCC3)n2)CC1C. The van der Waals surface area contributed by atoms with Gasteiger partial charge in [-0.25, -0.2) is 9.97 Å². The summed E-state index contributed by atoms with van der Waals surface area (Å²) in [5.74, 6) is 1.39. The van der Waals surface area contributed by atoms with Crippen LogP contribution in [-0.4, -0.2) is 76.1 Å². The molecule has 0 radical (unpaired) electrons. The van der Waals surface area contributed by atoms with Gasteiger partial charge in [-0.15, -0.1) is 0 Å². The predicted molar refractivity (Wildman–Crippen MR) is 107 cm³/mol. The summed E-state index contributed by atoms with van der Waals surface area (Å²) < 4.78 is 0. The summed E-state index contributed by atoms with van der Waals surface area (Å²) in [6, 6.07) is 1.87. The minimum atomic E-state index is 0.118. The Morgan fingerprint density at radius 1 is 1.19 bits per heavy atom. The number of hydrogen-bond acceptors (Lipinski definition) is 6. The molecule has 3 heterocycles. The molecule has 2 aliphatic heterocycles. The second-order valence-electron chi connectivity index (χ2n) is 6.94. The van der Waals surface area contributed by atoms with Crippen LogP contribution in [0.15, 0.2) is 11.2 Å². The van der Waals surface area contributed by atoms with Crippen LogP contribution in [-0.2, 0) is 9.59 Å². The number of anilines is 1. The molecule has 27 heavy (non-hydrogen) atoms. The molecule has 2 amide bonds. The molecule has 2 aliphatic rings. The zero-order valence-corrected chi connectivity index (χ0v) is 17.4. The third kappa shape index (κ3) is 5.04. The van der Waals surface area contributed by atoms with Gasteiger partial charge in [-0.2, -0.15) is 0 Å². The summed E-state index contributed by atoms with van der Waals surface area (Å²) >= 11 is 7.53. The molecule has 1 atom stereocenters. The van der Waals surface area contributed by atoms with Gasteiger partial charge in [-0.3, -0.25) is 9.59 Å². The summed E-state index contributed by atoms with van der Waals surface area (Å²) in [6.07, 6.45) is 2.69. The van der Waals surface area contributed by atoms with E-state index in [9.17, 15) is 9.59 Å². The summed E-state index contributed by atoms with van der Waals surface area (Å²) in [6.45, 7) is 7.71. The minimum Gasteiger partial charge on any atom is -0.353 e. The summed E-state index contributed by atoms with van der Waals surface area (Å²) in [5, 5.41) is 0.889. The lowest BCUT2D eigenvalue weighted by Gasteiger charge is -2.40. The molecule has 0 aromatic carbocycles. The second kappa shape index (κ2) is 9.10. The summed E-state index contributed by atoms with van der Waals surface area (Å²) in [4.78, 5) is 39.0. The third-order valence-corrected chi connectivity index (χ3v) is 6.04. The van der Waals surface area contributed by atoms with Gasteiger partial charge in [-0.1, -0.05) is 30.3 Å². The molecule has 1 unspecified atom stereocenters. The highest BCUT2D eigenvalue weighted by Crippen LogP contribution is 2.24. The van der Waals surface area contributed by atoms with Crippen molar-refractivity contribution in [3.05, 3.63) is 11.2 Å². The molecule has 2 saturated heterocycles. The monoisotopic (exact) mass is 411 g/mol. The second-order valence-corrected chi connectivity index (χ2v) is 8.27. The molecule has 7 nitrogen and oxygen atoms in total. The first-order valence-electron chi connectivity index (χ1n) is 9.47. The van der Waals surface area contributed by atoms with E-state index < -0.39 is 0 Å². The van der Waals surface area contributed by atoms with Crippen molar-refractivity contribution in [2.45, 2.75) is 44.3 Å². The maximum atomic E-state index is 12.2. The number of aromatic nitrogens is 2. The number of nitrogens with zero attached hydrogens (tertiary/aromatic N) is 5. The Hall–Kier alpha value is -1.54. The Labute approximate surface area is 169 Å². The van der Waals surface area contributed by atoms with E-state index in [1.165, 1.54) is 11.8 Å². The maximum absolute atomic E-state index is 12.2. The van der Waals surface area contributed by atoms with Crippen LogP contribution in [0, 0.1) is 0 Å². The zero-order chi connectivity index (χ0) is 19.4. The zero-order valence-electron chi connectivity index (χ0n) is 15.9. The standard InChI is InChI=1S/C18H26ClN5O2S/c1-3-16(25)24-9-8-23(11-13(24)2)15-10-14(19)20-18(21-15)27-12-17(26)22-6-4-5-7-22/h10,13H,3-9,11-12H2,1-2H3. The molecule has 0 bridgehead atoms. The van der Waals surface area contributed by atoms with E-state index in [2.05, 4.69) is 14.9 Å². The van der Waals surface area contributed by atoms with E-state index in [1.807, 2.05) is 23.6 Å². The van der Waals surface area contributed by atoms with E-state index in [0.29, 0.717) is 42.1 Å². The predicted octanol–water partition coefficient (Wildman–Crippen LogP) is 2.29. The van der Waals surface area contributed by atoms with Gasteiger partial charge < -0.3 is 14.7 Å². The van der Waals surface area contributed by atoms with Gasteiger partial charge in [0.25, 0.3) is 0 Å². The van der Waals surface area contributed by atoms with Gasteiger partial charge in [0.1, 0.15) is 11.0 Å². The van der Waals surface area contributed by atoms with E-state index in [4.69, 9.17) is 11.6 Å². The molecule has 0 saturated carbocycles. The van der Waals surface area contributed by atoms with Gasteiger partial charge in [0.15, 0.2) is 5.16 Å². The van der Waals surface area contributed by atoms with Gasteiger partial charge >= 0.3 is 0 Å². The fourth-order valence-electron chi connectivity index (χ4n) is 3.54. The molecule has 1 aromatic heterocycles. The lowest BCUT2D eigenvalue weighted by Crippen LogP contribution is -2.54. The first-order valence-corrected chi connectivity index (χ1v) is 10.8. The number of thioether (sulfide) groups is 1. The van der Waals surface area contributed by atoms with Crippen molar-refractivity contribution in [3.8, 4) is 0 Å². The van der Waals surface area contributed by atoms with E-state index >= 15 is 0 Å². The molecule has 0 aliphatic carbocycles. The van der Waals surface area contributed by atoms with Crippen LogP contribution in [0.3, 0.4) is 0 Å². The van der Waals surface area contributed by atoms with Crippen molar-refractivity contribution < 1.29 is 9.59 Å². The molecular formula is C18H26ClN5O2S. The Kier molecular flexibility index (Phi) is 6.81. The number of likely N-dealkylation sites (tertiary alicyclic amines) is 1. The van der Waals surface area contributed by atoms with Crippen molar-refractivity contribution in [1.29, 1.82) is 0 Å². The van der Waals surface area contributed by atoms with Crippen molar-refractivity contribution in [1.82, 2.24) is 19.8 Å². The molecule has 3 rings (SSSR count). The molecule has 0 N–H and O–H groups in total. The smallest absolute Gasteiger partial charge is 0.233 e. The van der Waals surface area contributed by atoms with Crippen LogP contribution in [0.4, 0.5) is 5.82 Å². The van der Waals surface area contributed by atoms with Crippen molar-refractivity contribution in [3.63, 3.8) is 0 Å².